The first-order valence-electron chi connectivity index (χ1n) is 7.40. The Balaban J connectivity index is 1.88. The molecule has 0 spiro atoms. The van der Waals surface area contributed by atoms with E-state index in [2.05, 4.69) is 22.2 Å². The van der Waals surface area contributed by atoms with Crippen molar-refractivity contribution in [3.05, 3.63) is 53.4 Å². The van der Waals surface area contributed by atoms with Crippen LogP contribution < -0.4 is 10.1 Å². The maximum atomic E-state index is 12.8. The molecule has 0 aliphatic rings. The maximum absolute atomic E-state index is 12.8. The Morgan fingerprint density at radius 1 is 1.18 bits per heavy atom. The predicted octanol–water partition coefficient (Wildman–Crippen LogP) is 3.35. The average Bonchev–Trinajstić information content (AvgIpc) is 2.46. The molecule has 0 unspecified atom stereocenters. The molecule has 1 aromatic heterocycles. The van der Waals surface area contributed by atoms with Gasteiger partial charge in [-0.25, -0.2) is 14.4 Å². The van der Waals surface area contributed by atoms with Crippen LogP contribution in [0.1, 0.15) is 37.0 Å². The number of rotatable bonds is 6. The van der Waals surface area contributed by atoms with E-state index in [1.807, 2.05) is 27.0 Å². The van der Waals surface area contributed by atoms with Crippen molar-refractivity contribution in [1.29, 1.82) is 0 Å². The zero-order chi connectivity index (χ0) is 16.1. The normalized spacial score (nSPS) is 13.7. The minimum absolute atomic E-state index is 0.132. The lowest BCUT2D eigenvalue weighted by Crippen LogP contribution is -2.34. The van der Waals surface area contributed by atoms with Crippen molar-refractivity contribution in [3.63, 3.8) is 0 Å². The van der Waals surface area contributed by atoms with E-state index in [0.29, 0.717) is 12.4 Å². The largest absolute Gasteiger partial charge is 0.492 e. The molecule has 0 bridgehead atoms. The Bertz CT molecular complexity index is 616. The minimum atomic E-state index is -0.262. The highest BCUT2D eigenvalue weighted by atomic mass is 19.1. The highest BCUT2D eigenvalue weighted by molar-refractivity contribution is 5.22. The van der Waals surface area contributed by atoms with Crippen LogP contribution in [0.3, 0.4) is 0 Å². The minimum Gasteiger partial charge on any atom is -0.492 e. The standard InChI is InChI=1S/C17H22FN3O/c1-11(10-22-16-7-5-15(18)6-8-16)20-12(2)17-9-19-14(4)21-13(17)3/h5-9,11-12,20H,10H2,1-4H3/t11-,12+/m0/s1. The maximum Gasteiger partial charge on any atom is 0.125 e. The van der Waals surface area contributed by atoms with Crippen LogP contribution in [0.25, 0.3) is 0 Å². The molecule has 2 aromatic rings. The Labute approximate surface area is 130 Å². The van der Waals surface area contributed by atoms with Crippen molar-refractivity contribution in [2.45, 2.75) is 39.8 Å². The number of aromatic nitrogens is 2. The quantitative estimate of drug-likeness (QED) is 0.889. The molecule has 118 valence electrons. The number of ether oxygens (including phenoxy) is 1. The fourth-order valence-corrected chi connectivity index (χ4v) is 2.33. The van der Waals surface area contributed by atoms with Gasteiger partial charge in [-0.1, -0.05) is 0 Å². The first kappa shape index (κ1) is 16.4. The third kappa shape index (κ3) is 4.49. The van der Waals surface area contributed by atoms with Gasteiger partial charge in [0.05, 0.1) is 0 Å². The van der Waals surface area contributed by atoms with Crippen LogP contribution in [-0.4, -0.2) is 22.6 Å². The molecule has 2 atom stereocenters. The monoisotopic (exact) mass is 303 g/mol. The molecule has 4 nitrogen and oxygen atoms in total. The van der Waals surface area contributed by atoms with Crippen LogP contribution in [0, 0.1) is 19.7 Å². The predicted molar refractivity (Wildman–Crippen MR) is 84.4 cm³/mol. The van der Waals surface area contributed by atoms with Gasteiger partial charge in [-0.05, 0) is 52.0 Å². The number of hydrogen-bond acceptors (Lipinski definition) is 4. The Morgan fingerprint density at radius 3 is 2.50 bits per heavy atom. The summed E-state index contributed by atoms with van der Waals surface area (Å²) in [5.41, 5.74) is 2.07. The highest BCUT2D eigenvalue weighted by Crippen LogP contribution is 2.16. The highest BCUT2D eigenvalue weighted by Gasteiger charge is 2.13. The van der Waals surface area contributed by atoms with Crippen molar-refractivity contribution < 1.29 is 9.13 Å². The summed E-state index contributed by atoms with van der Waals surface area (Å²) in [6.07, 6.45) is 1.86. The molecule has 0 amide bonds. The smallest absolute Gasteiger partial charge is 0.125 e. The van der Waals surface area contributed by atoms with E-state index in [1.54, 1.807) is 12.1 Å². The van der Waals surface area contributed by atoms with E-state index in [4.69, 9.17) is 4.74 Å². The second-order valence-electron chi connectivity index (χ2n) is 5.51. The number of benzene rings is 1. The number of nitrogens with zero attached hydrogens (tertiary/aromatic N) is 2. The van der Waals surface area contributed by atoms with Crippen molar-refractivity contribution in [1.82, 2.24) is 15.3 Å². The summed E-state index contributed by atoms with van der Waals surface area (Å²) >= 11 is 0. The van der Waals surface area contributed by atoms with Crippen LogP contribution in [0.5, 0.6) is 5.75 Å². The van der Waals surface area contributed by atoms with Crippen molar-refractivity contribution >= 4 is 0 Å². The second-order valence-corrected chi connectivity index (χ2v) is 5.51. The second kappa shape index (κ2) is 7.31. The van der Waals surface area contributed by atoms with E-state index < -0.39 is 0 Å². The third-order valence-corrected chi connectivity index (χ3v) is 3.45. The summed E-state index contributed by atoms with van der Waals surface area (Å²) in [5.74, 6) is 1.18. The number of halogens is 1. The Kier molecular flexibility index (Phi) is 5.44. The van der Waals surface area contributed by atoms with Gasteiger partial charge in [0.25, 0.3) is 0 Å². The van der Waals surface area contributed by atoms with Crippen LogP contribution in [0.2, 0.25) is 0 Å². The van der Waals surface area contributed by atoms with Gasteiger partial charge in [0.2, 0.25) is 0 Å². The van der Waals surface area contributed by atoms with Crippen molar-refractivity contribution in [2.24, 2.45) is 0 Å². The fraction of sp³-hybridized carbons (Fsp3) is 0.412. The van der Waals surface area contributed by atoms with Gasteiger partial charge in [0.15, 0.2) is 0 Å². The lowest BCUT2D eigenvalue weighted by molar-refractivity contribution is 0.263. The number of aryl methyl sites for hydroxylation is 2. The zero-order valence-corrected chi connectivity index (χ0v) is 13.4. The van der Waals surface area contributed by atoms with Gasteiger partial charge < -0.3 is 10.1 Å². The van der Waals surface area contributed by atoms with Crippen LogP contribution in [-0.2, 0) is 0 Å². The molecule has 0 saturated heterocycles. The SMILES string of the molecule is Cc1ncc([C@@H](C)N[C@@H](C)COc2ccc(F)cc2)c(C)n1. The summed E-state index contributed by atoms with van der Waals surface area (Å²) in [7, 11) is 0. The fourth-order valence-electron chi connectivity index (χ4n) is 2.33. The van der Waals surface area contributed by atoms with E-state index in [0.717, 1.165) is 17.1 Å². The van der Waals surface area contributed by atoms with Gasteiger partial charge in [0.1, 0.15) is 24.0 Å². The van der Waals surface area contributed by atoms with Crippen molar-refractivity contribution in [3.8, 4) is 5.75 Å². The first-order valence-corrected chi connectivity index (χ1v) is 7.40. The molecule has 1 N–H and O–H groups in total. The van der Waals surface area contributed by atoms with Crippen LogP contribution >= 0.6 is 0 Å². The van der Waals surface area contributed by atoms with E-state index in [-0.39, 0.29) is 17.9 Å². The molecule has 2 rings (SSSR count). The summed E-state index contributed by atoms with van der Waals surface area (Å²) in [6, 6.07) is 6.31. The molecular weight excluding hydrogens is 281 g/mol. The molecule has 0 fully saturated rings. The molecule has 0 radical (unpaired) electrons. The molecule has 22 heavy (non-hydrogen) atoms. The topological polar surface area (TPSA) is 47.0 Å². The molecule has 1 aromatic carbocycles. The third-order valence-electron chi connectivity index (χ3n) is 3.45. The van der Waals surface area contributed by atoms with Crippen LogP contribution in [0.4, 0.5) is 4.39 Å². The molecule has 1 heterocycles. The lowest BCUT2D eigenvalue weighted by atomic mass is 10.1. The molecule has 5 heteroatoms. The summed E-state index contributed by atoms with van der Waals surface area (Å²) in [5, 5.41) is 3.46. The molecule has 0 saturated carbocycles. The van der Waals surface area contributed by atoms with E-state index in [1.165, 1.54) is 12.1 Å². The first-order chi connectivity index (χ1) is 10.5. The van der Waals surface area contributed by atoms with Gasteiger partial charge in [0, 0.05) is 29.5 Å². The van der Waals surface area contributed by atoms with Gasteiger partial charge >= 0.3 is 0 Å². The van der Waals surface area contributed by atoms with E-state index in [9.17, 15) is 4.39 Å². The summed E-state index contributed by atoms with van der Waals surface area (Å²) in [6.45, 7) is 8.50. The zero-order valence-electron chi connectivity index (χ0n) is 13.4. The molecule has 0 aliphatic carbocycles. The van der Waals surface area contributed by atoms with Gasteiger partial charge in [-0.2, -0.15) is 0 Å². The van der Waals surface area contributed by atoms with Crippen molar-refractivity contribution in [2.75, 3.05) is 6.61 Å². The summed E-state index contributed by atoms with van der Waals surface area (Å²) in [4.78, 5) is 8.64. The Morgan fingerprint density at radius 2 is 1.86 bits per heavy atom. The number of hydrogen-bond donors (Lipinski definition) is 1. The average molecular weight is 303 g/mol. The van der Waals surface area contributed by atoms with E-state index >= 15 is 0 Å². The molecule has 0 aliphatic heterocycles. The Hall–Kier alpha value is -2.01. The number of nitrogens with one attached hydrogen (secondary N) is 1. The molecular formula is C17H22FN3O. The van der Waals surface area contributed by atoms with Crippen LogP contribution in [0.15, 0.2) is 30.5 Å². The summed E-state index contributed by atoms with van der Waals surface area (Å²) < 4.78 is 18.5. The van der Waals surface area contributed by atoms with Gasteiger partial charge in [-0.15, -0.1) is 0 Å². The van der Waals surface area contributed by atoms with Gasteiger partial charge in [-0.3, -0.25) is 0 Å². The lowest BCUT2D eigenvalue weighted by Gasteiger charge is -2.21.